The number of carbonyl (C=O) groups excluding carboxylic acids is 3. The van der Waals surface area contributed by atoms with Gasteiger partial charge < -0.3 is 19.9 Å². The SMILES string of the molecule is CCC(=O)Nc1ccc2c(c1)CN(C(=O)c1ccc(OC)cc1)[C@H](C(=O)N1CCCC1)C2. The quantitative estimate of drug-likeness (QED) is 0.782. The second-order valence-corrected chi connectivity index (χ2v) is 8.30. The summed E-state index contributed by atoms with van der Waals surface area (Å²) in [5, 5.41) is 2.88. The summed E-state index contributed by atoms with van der Waals surface area (Å²) < 4.78 is 5.20. The number of hydrogen-bond acceptors (Lipinski definition) is 4. The average molecular weight is 436 g/mol. The van der Waals surface area contributed by atoms with Crippen molar-refractivity contribution in [3.63, 3.8) is 0 Å². The number of nitrogens with zero attached hydrogens (tertiary/aromatic N) is 2. The zero-order chi connectivity index (χ0) is 22.7. The predicted molar refractivity (Wildman–Crippen MR) is 122 cm³/mol. The molecule has 3 amide bonds. The van der Waals surface area contributed by atoms with Crippen LogP contribution in [0.3, 0.4) is 0 Å². The molecule has 2 heterocycles. The Balaban J connectivity index is 1.65. The van der Waals surface area contributed by atoms with Gasteiger partial charge in [-0.25, -0.2) is 0 Å². The standard InChI is InChI=1S/C25H29N3O4/c1-3-23(29)26-20-9-6-18-15-22(25(31)27-12-4-5-13-27)28(16-19(18)14-20)24(30)17-7-10-21(32-2)11-8-17/h6-11,14,22H,3-5,12-13,15-16H2,1-2H3,(H,26,29)/t22-/m0/s1. The molecule has 0 radical (unpaired) electrons. The van der Waals surface area contributed by atoms with Crippen molar-refractivity contribution in [2.24, 2.45) is 0 Å². The maximum atomic E-state index is 13.5. The fraction of sp³-hybridized carbons (Fsp3) is 0.400. The van der Waals surface area contributed by atoms with Crippen molar-refractivity contribution in [2.75, 3.05) is 25.5 Å². The number of methoxy groups -OCH3 is 1. The second kappa shape index (κ2) is 9.42. The minimum Gasteiger partial charge on any atom is -0.497 e. The summed E-state index contributed by atoms with van der Waals surface area (Å²) >= 11 is 0. The lowest BCUT2D eigenvalue weighted by Gasteiger charge is -2.38. The molecule has 32 heavy (non-hydrogen) atoms. The van der Waals surface area contributed by atoms with E-state index in [1.54, 1.807) is 43.2 Å². The summed E-state index contributed by atoms with van der Waals surface area (Å²) in [5.74, 6) is 0.442. The van der Waals surface area contributed by atoms with E-state index in [2.05, 4.69) is 5.32 Å². The van der Waals surface area contributed by atoms with Gasteiger partial charge in [0.25, 0.3) is 5.91 Å². The molecule has 0 spiro atoms. The molecule has 168 valence electrons. The molecule has 2 aliphatic rings. The van der Waals surface area contributed by atoms with E-state index in [0.717, 1.165) is 37.1 Å². The molecule has 1 saturated heterocycles. The van der Waals surface area contributed by atoms with Crippen molar-refractivity contribution in [3.8, 4) is 5.75 Å². The van der Waals surface area contributed by atoms with Crippen LogP contribution < -0.4 is 10.1 Å². The first-order valence-corrected chi connectivity index (χ1v) is 11.2. The van der Waals surface area contributed by atoms with E-state index in [4.69, 9.17) is 4.74 Å². The molecule has 1 N–H and O–H groups in total. The van der Waals surface area contributed by atoms with Crippen LogP contribution in [0.25, 0.3) is 0 Å². The number of benzene rings is 2. The Morgan fingerprint density at radius 3 is 2.41 bits per heavy atom. The fourth-order valence-corrected chi connectivity index (χ4v) is 4.39. The molecule has 0 bridgehead atoms. The lowest BCUT2D eigenvalue weighted by atomic mass is 9.92. The van der Waals surface area contributed by atoms with Crippen molar-refractivity contribution >= 4 is 23.4 Å². The molecule has 2 aromatic carbocycles. The third kappa shape index (κ3) is 4.47. The van der Waals surface area contributed by atoms with Crippen molar-refractivity contribution in [1.82, 2.24) is 9.80 Å². The third-order valence-corrected chi connectivity index (χ3v) is 6.24. The summed E-state index contributed by atoms with van der Waals surface area (Å²) in [4.78, 5) is 42.2. The largest absolute Gasteiger partial charge is 0.497 e. The van der Waals surface area contributed by atoms with Gasteiger partial charge in [-0.2, -0.15) is 0 Å². The van der Waals surface area contributed by atoms with Crippen molar-refractivity contribution in [1.29, 1.82) is 0 Å². The Labute approximate surface area is 188 Å². The smallest absolute Gasteiger partial charge is 0.254 e. The monoisotopic (exact) mass is 435 g/mol. The van der Waals surface area contributed by atoms with E-state index in [0.29, 0.717) is 36.4 Å². The third-order valence-electron chi connectivity index (χ3n) is 6.24. The van der Waals surface area contributed by atoms with Crippen molar-refractivity contribution < 1.29 is 19.1 Å². The molecular formula is C25H29N3O4. The van der Waals surface area contributed by atoms with E-state index < -0.39 is 6.04 Å². The van der Waals surface area contributed by atoms with Crippen LogP contribution in [0.1, 0.15) is 47.7 Å². The summed E-state index contributed by atoms with van der Waals surface area (Å²) in [5.41, 5.74) is 3.21. The fourth-order valence-electron chi connectivity index (χ4n) is 4.39. The maximum Gasteiger partial charge on any atom is 0.254 e. The number of hydrogen-bond donors (Lipinski definition) is 1. The van der Waals surface area contributed by atoms with Gasteiger partial charge in [0.1, 0.15) is 11.8 Å². The molecule has 0 unspecified atom stereocenters. The van der Waals surface area contributed by atoms with Crippen LogP contribution in [0.5, 0.6) is 5.75 Å². The maximum absolute atomic E-state index is 13.5. The number of likely N-dealkylation sites (tertiary alicyclic amines) is 1. The lowest BCUT2D eigenvalue weighted by molar-refractivity contribution is -0.135. The molecule has 1 atom stereocenters. The number of rotatable bonds is 5. The molecule has 0 saturated carbocycles. The molecular weight excluding hydrogens is 406 g/mol. The first kappa shape index (κ1) is 21.9. The first-order valence-electron chi connectivity index (χ1n) is 11.2. The highest BCUT2D eigenvalue weighted by molar-refractivity contribution is 5.98. The van der Waals surface area contributed by atoms with E-state index in [-0.39, 0.29) is 17.7 Å². The number of anilines is 1. The number of ether oxygens (including phenoxy) is 1. The van der Waals surface area contributed by atoms with Gasteiger partial charge in [-0.3, -0.25) is 14.4 Å². The van der Waals surface area contributed by atoms with E-state index >= 15 is 0 Å². The van der Waals surface area contributed by atoms with Gasteiger partial charge in [-0.05, 0) is 60.4 Å². The minimum atomic E-state index is -0.536. The minimum absolute atomic E-state index is 0.0124. The number of carbonyl (C=O) groups is 3. The van der Waals surface area contributed by atoms with Crippen LogP contribution in [0, 0.1) is 0 Å². The van der Waals surface area contributed by atoms with Gasteiger partial charge in [-0.15, -0.1) is 0 Å². The van der Waals surface area contributed by atoms with Gasteiger partial charge in [0, 0.05) is 43.7 Å². The van der Waals surface area contributed by atoms with Crippen LogP contribution in [0.2, 0.25) is 0 Å². The lowest BCUT2D eigenvalue weighted by Crippen LogP contribution is -2.53. The van der Waals surface area contributed by atoms with Crippen LogP contribution in [-0.4, -0.2) is 53.8 Å². The van der Waals surface area contributed by atoms with Crippen molar-refractivity contribution in [3.05, 3.63) is 59.2 Å². The molecule has 7 heteroatoms. The molecule has 2 aliphatic heterocycles. The highest BCUT2D eigenvalue weighted by atomic mass is 16.5. The predicted octanol–water partition coefficient (Wildman–Crippen LogP) is 3.23. The van der Waals surface area contributed by atoms with E-state index in [1.807, 2.05) is 23.1 Å². The summed E-state index contributed by atoms with van der Waals surface area (Å²) in [6.45, 7) is 3.61. The number of fused-ring (bicyclic) bond motifs is 1. The van der Waals surface area contributed by atoms with Gasteiger partial charge in [0.2, 0.25) is 11.8 Å². The van der Waals surface area contributed by atoms with Gasteiger partial charge in [0.15, 0.2) is 0 Å². The molecule has 0 aliphatic carbocycles. The average Bonchev–Trinajstić information content (AvgIpc) is 3.37. The van der Waals surface area contributed by atoms with Crippen LogP contribution in [0.4, 0.5) is 5.69 Å². The molecule has 0 aromatic heterocycles. The van der Waals surface area contributed by atoms with Crippen LogP contribution >= 0.6 is 0 Å². The molecule has 1 fully saturated rings. The number of amides is 3. The second-order valence-electron chi connectivity index (χ2n) is 8.30. The zero-order valence-corrected chi connectivity index (χ0v) is 18.6. The summed E-state index contributed by atoms with van der Waals surface area (Å²) in [7, 11) is 1.58. The molecule has 4 rings (SSSR count). The van der Waals surface area contributed by atoms with Gasteiger partial charge >= 0.3 is 0 Å². The number of nitrogens with one attached hydrogen (secondary N) is 1. The topological polar surface area (TPSA) is 79.0 Å². The highest BCUT2D eigenvalue weighted by Gasteiger charge is 2.38. The Morgan fingerprint density at radius 1 is 1.03 bits per heavy atom. The summed E-state index contributed by atoms with van der Waals surface area (Å²) in [6.07, 6.45) is 2.87. The van der Waals surface area contributed by atoms with E-state index in [1.165, 1.54) is 0 Å². The normalized spacial score (nSPS) is 17.6. The van der Waals surface area contributed by atoms with Gasteiger partial charge in [-0.1, -0.05) is 13.0 Å². The van der Waals surface area contributed by atoms with Crippen LogP contribution in [-0.2, 0) is 22.6 Å². The Bertz CT molecular complexity index is 1010. The molecule has 7 nitrogen and oxygen atoms in total. The van der Waals surface area contributed by atoms with Crippen molar-refractivity contribution in [2.45, 2.75) is 45.2 Å². The van der Waals surface area contributed by atoms with E-state index in [9.17, 15) is 14.4 Å². The van der Waals surface area contributed by atoms with Crippen LogP contribution in [0.15, 0.2) is 42.5 Å². The van der Waals surface area contributed by atoms with Gasteiger partial charge in [0.05, 0.1) is 7.11 Å². The Kier molecular flexibility index (Phi) is 6.44. The zero-order valence-electron chi connectivity index (χ0n) is 18.6. The molecule has 2 aromatic rings. The first-order chi connectivity index (χ1) is 15.5. The Morgan fingerprint density at radius 2 is 1.75 bits per heavy atom. The summed E-state index contributed by atoms with van der Waals surface area (Å²) in [6, 6.07) is 12.2. The highest BCUT2D eigenvalue weighted by Crippen LogP contribution is 2.29. The Hall–Kier alpha value is -3.35.